The minimum atomic E-state index is -0.835. The van der Waals surface area contributed by atoms with E-state index in [1.807, 2.05) is 12.1 Å². The Morgan fingerprint density at radius 1 is 1.08 bits per heavy atom. The highest BCUT2D eigenvalue weighted by atomic mass is 79.9. The third-order valence-electron chi connectivity index (χ3n) is 3.32. The molecule has 0 fully saturated rings. The van der Waals surface area contributed by atoms with Crippen molar-refractivity contribution in [2.75, 3.05) is 0 Å². The molecule has 0 aliphatic carbocycles. The highest BCUT2D eigenvalue weighted by Gasteiger charge is 2.13. The molecule has 0 aliphatic heterocycles. The van der Waals surface area contributed by atoms with Gasteiger partial charge in [0.25, 0.3) is 5.56 Å². The molecular weight excluding hydrogens is 413 g/mol. The van der Waals surface area contributed by atoms with Gasteiger partial charge in [0.05, 0.1) is 11.1 Å². The summed E-state index contributed by atoms with van der Waals surface area (Å²) in [4.78, 5) is 30.4. The SMILES string of the molecule is O=c1[nH]c(=O)n(-c2ccccc(Br)cccc2)c2nc(Cl)c(F)cc12. The second-order valence-electron chi connectivity index (χ2n) is 4.97. The first kappa shape index (κ1) is 17.3. The predicted molar refractivity (Wildman–Crippen MR) is 98.3 cm³/mol. The van der Waals surface area contributed by atoms with Crippen LogP contribution in [0.4, 0.5) is 4.39 Å². The minimum absolute atomic E-state index is 0.0257. The van der Waals surface area contributed by atoms with E-state index in [2.05, 4.69) is 25.9 Å². The lowest BCUT2D eigenvalue weighted by molar-refractivity contribution is 0.623. The van der Waals surface area contributed by atoms with E-state index in [1.165, 1.54) is 0 Å². The summed E-state index contributed by atoms with van der Waals surface area (Å²) in [6, 6.07) is 14.9. The van der Waals surface area contributed by atoms with Crippen molar-refractivity contribution in [1.29, 1.82) is 0 Å². The predicted octanol–water partition coefficient (Wildman–Crippen LogP) is 3.75. The van der Waals surface area contributed by atoms with Gasteiger partial charge in [-0.1, -0.05) is 51.8 Å². The van der Waals surface area contributed by atoms with Gasteiger partial charge < -0.3 is 0 Å². The van der Waals surface area contributed by atoms with Crippen molar-refractivity contribution in [1.82, 2.24) is 14.5 Å². The van der Waals surface area contributed by atoms with Crippen LogP contribution in [0.5, 0.6) is 0 Å². The number of aromatic amines is 1. The van der Waals surface area contributed by atoms with Gasteiger partial charge in [-0.05, 0) is 30.3 Å². The normalized spacial score (nSPS) is 10.5. The monoisotopic (exact) mass is 421 g/mol. The zero-order valence-electron chi connectivity index (χ0n) is 12.5. The van der Waals surface area contributed by atoms with Crippen LogP contribution in [0.15, 0.2) is 68.7 Å². The van der Waals surface area contributed by atoms with E-state index >= 15 is 0 Å². The van der Waals surface area contributed by atoms with Crippen LogP contribution in [0.1, 0.15) is 0 Å². The average Bonchev–Trinajstić information content (AvgIpc) is 2.56. The maximum Gasteiger partial charge on any atom is 0.334 e. The van der Waals surface area contributed by atoms with Crippen LogP contribution in [0, 0.1) is 5.82 Å². The molecule has 3 rings (SSSR count). The molecule has 0 saturated carbocycles. The van der Waals surface area contributed by atoms with Crippen LogP contribution in [0.3, 0.4) is 0 Å². The van der Waals surface area contributed by atoms with Crippen LogP contribution in [0.25, 0.3) is 16.7 Å². The summed E-state index contributed by atoms with van der Waals surface area (Å²) in [7, 11) is 0. The number of nitrogens with zero attached hydrogens (tertiary/aromatic N) is 2. The molecule has 0 amide bonds. The van der Waals surface area contributed by atoms with Crippen molar-refractivity contribution in [3.05, 3.63) is 90.9 Å². The van der Waals surface area contributed by atoms with Gasteiger partial charge in [0.1, 0.15) is 0 Å². The summed E-state index contributed by atoms with van der Waals surface area (Å²) < 4.78 is 15.7. The van der Waals surface area contributed by atoms with Gasteiger partial charge in [0, 0.05) is 4.47 Å². The Kier molecular flexibility index (Phi) is 4.96. The van der Waals surface area contributed by atoms with Crippen molar-refractivity contribution >= 4 is 38.6 Å². The first-order chi connectivity index (χ1) is 12.0. The molecule has 0 bridgehead atoms. The number of aromatic nitrogens is 3. The second kappa shape index (κ2) is 7.16. The fourth-order valence-electron chi connectivity index (χ4n) is 2.21. The summed E-state index contributed by atoms with van der Waals surface area (Å²) in [5.74, 6) is -0.835. The van der Waals surface area contributed by atoms with Gasteiger partial charge in [-0.3, -0.25) is 9.78 Å². The van der Waals surface area contributed by atoms with Crippen molar-refractivity contribution in [3.63, 3.8) is 0 Å². The maximum absolute atomic E-state index is 13.7. The lowest BCUT2D eigenvalue weighted by atomic mass is 10.3. The van der Waals surface area contributed by atoms with E-state index in [1.54, 1.807) is 36.4 Å². The molecule has 0 aliphatic rings. The lowest BCUT2D eigenvalue weighted by Crippen LogP contribution is -2.30. The van der Waals surface area contributed by atoms with Crippen LogP contribution in [0.2, 0.25) is 5.15 Å². The number of hydrogen-bond donors (Lipinski definition) is 1. The molecule has 8 heteroatoms. The van der Waals surface area contributed by atoms with E-state index in [4.69, 9.17) is 11.6 Å². The van der Waals surface area contributed by atoms with E-state index < -0.39 is 22.2 Å². The number of H-pyrrole nitrogens is 1. The Morgan fingerprint density at radius 2 is 1.68 bits per heavy atom. The largest absolute Gasteiger partial charge is 0.334 e. The lowest BCUT2D eigenvalue weighted by Gasteiger charge is -2.08. The molecule has 3 aromatic rings. The van der Waals surface area contributed by atoms with Crippen molar-refractivity contribution in [2.45, 2.75) is 0 Å². The van der Waals surface area contributed by atoms with Crippen LogP contribution < -0.4 is 11.2 Å². The topological polar surface area (TPSA) is 67.8 Å². The van der Waals surface area contributed by atoms with Gasteiger partial charge >= 0.3 is 5.69 Å². The second-order valence-corrected chi connectivity index (χ2v) is 6.25. The molecule has 0 spiro atoms. The Labute approximate surface area is 154 Å². The zero-order valence-corrected chi connectivity index (χ0v) is 14.9. The molecule has 0 unspecified atom stereocenters. The number of halogens is 3. The van der Waals surface area contributed by atoms with Crippen LogP contribution >= 0.6 is 27.5 Å². The summed E-state index contributed by atoms with van der Waals surface area (Å²) >= 11 is 9.11. The molecule has 0 saturated heterocycles. The molecule has 2 aromatic heterocycles. The number of pyridine rings is 1. The Balaban J connectivity index is 2.42. The zero-order chi connectivity index (χ0) is 18.0. The van der Waals surface area contributed by atoms with Crippen molar-refractivity contribution in [3.8, 4) is 5.69 Å². The smallest absolute Gasteiger partial charge is 0.273 e. The molecule has 5 nitrogen and oxygen atoms in total. The van der Waals surface area contributed by atoms with Crippen LogP contribution in [-0.4, -0.2) is 14.5 Å². The van der Waals surface area contributed by atoms with Crippen molar-refractivity contribution in [2.24, 2.45) is 0 Å². The first-order valence-corrected chi connectivity index (χ1v) is 8.25. The molecule has 1 N–H and O–H groups in total. The number of nitrogens with one attached hydrogen (secondary N) is 1. The fourth-order valence-corrected chi connectivity index (χ4v) is 2.65. The summed E-state index contributed by atoms with van der Waals surface area (Å²) in [5.41, 5.74) is -1.03. The molecule has 25 heavy (non-hydrogen) atoms. The third kappa shape index (κ3) is 3.62. The van der Waals surface area contributed by atoms with Gasteiger partial charge in [-0.15, -0.1) is 0 Å². The Morgan fingerprint density at radius 3 is 2.32 bits per heavy atom. The highest BCUT2D eigenvalue weighted by Crippen LogP contribution is 2.17. The molecule has 1 aromatic carbocycles. The van der Waals surface area contributed by atoms with E-state index in [-0.39, 0.29) is 11.0 Å². The average molecular weight is 423 g/mol. The molecule has 0 atom stereocenters. The van der Waals surface area contributed by atoms with E-state index in [9.17, 15) is 14.0 Å². The van der Waals surface area contributed by atoms with Gasteiger partial charge in [0.15, 0.2) is 16.6 Å². The number of rotatable bonds is 1. The van der Waals surface area contributed by atoms with E-state index in [0.717, 1.165) is 15.1 Å². The van der Waals surface area contributed by atoms with Gasteiger partial charge in [0.2, 0.25) is 0 Å². The van der Waals surface area contributed by atoms with Crippen molar-refractivity contribution < 1.29 is 4.39 Å². The number of fused-ring (bicyclic) bond motifs is 1. The molecule has 0 radical (unpaired) electrons. The molecular formula is C17H10BrClFN3O2. The highest BCUT2D eigenvalue weighted by molar-refractivity contribution is 9.10. The first-order valence-electron chi connectivity index (χ1n) is 7.08. The Bertz CT molecular complexity index is 1110. The fraction of sp³-hybridized carbons (Fsp3) is 0. The summed E-state index contributed by atoms with van der Waals surface area (Å²) in [6.07, 6.45) is 0. The molecule has 2 heterocycles. The van der Waals surface area contributed by atoms with Crippen LogP contribution in [-0.2, 0) is 0 Å². The maximum atomic E-state index is 13.7. The standard InChI is InChI=1S/C17H10BrClFN3O2/c18-10-5-1-3-7-11(8-4-2-6-10)23-15-12(16(24)22-17(23)25)9-13(20)14(19)21-15/h1-9H,(H,22,24,25). The van der Waals surface area contributed by atoms with E-state index in [0.29, 0.717) is 5.69 Å². The van der Waals surface area contributed by atoms with Gasteiger partial charge in [-0.2, -0.15) is 0 Å². The third-order valence-corrected chi connectivity index (χ3v) is 4.11. The quantitative estimate of drug-likeness (QED) is 0.607. The Hall–Kier alpha value is -2.51. The van der Waals surface area contributed by atoms with Gasteiger partial charge in [-0.25, -0.2) is 18.7 Å². The summed E-state index contributed by atoms with van der Waals surface area (Å²) in [6.45, 7) is 0. The molecule has 126 valence electrons. The summed E-state index contributed by atoms with van der Waals surface area (Å²) in [5, 5.41) is -0.493. The minimum Gasteiger partial charge on any atom is -0.273 e. The number of hydrogen-bond acceptors (Lipinski definition) is 3.